The number of thioether (sulfide) groups is 1. The molecule has 0 spiro atoms. The molecule has 196 valence electrons. The van der Waals surface area contributed by atoms with Gasteiger partial charge in [0.2, 0.25) is 11.8 Å². The molecule has 1 unspecified atom stereocenters. The first-order chi connectivity index (χ1) is 17.9. The van der Waals surface area contributed by atoms with Crippen molar-refractivity contribution < 1.29 is 9.59 Å². The Morgan fingerprint density at radius 2 is 1.68 bits per heavy atom. The van der Waals surface area contributed by atoms with Gasteiger partial charge in [0.15, 0.2) is 0 Å². The van der Waals surface area contributed by atoms with Gasteiger partial charge in [-0.15, -0.1) is 6.58 Å². The number of allylic oxidation sites excluding steroid dienone is 3. The monoisotopic (exact) mass is 518 g/mol. The van der Waals surface area contributed by atoms with Crippen molar-refractivity contribution >= 4 is 29.3 Å². The van der Waals surface area contributed by atoms with Crippen LogP contribution in [0, 0.1) is 5.92 Å². The first-order valence-electron chi connectivity index (χ1n) is 12.2. The first kappa shape index (κ1) is 31.2. The molecule has 4 N–H and O–H groups in total. The minimum absolute atomic E-state index is 0.218. The molecule has 7 heteroatoms. The van der Waals surface area contributed by atoms with Crippen molar-refractivity contribution in [3.63, 3.8) is 0 Å². The van der Waals surface area contributed by atoms with Crippen molar-refractivity contribution in [1.29, 1.82) is 0 Å². The van der Waals surface area contributed by atoms with Crippen molar-refractivity contribution in [2.45, 2.75) is 45.4 Å². The average Bonchev–Trinajstić information content (AvgIpc) is 3.05. The first-order valence-corrected chi connectivity index (χ1v) is 13.0. The van der Waals surface area contributed by atoms with E-state index in [1.54, 1.807) is 17.8 Å². The topological polar surface area (TPSA) is 96.6 Å². The number of carbonyl (C=O) groups is 2. The number of benzene rings is 2. The van der Waals surface area contributed by atoms with Gasteiger partial charge in [-0.2, -0.15) is 0 Å². The second-order valence-corrected chi connectivity index (χ2v) is 8.70. The Labute approximate surface area is 225 Å². The Kier molecular flexibility index (Phi) is 14.8. The second kappa shape index (κ2) is 17.6. The molecule has 2 amide bonds. The normalized spacial score (nSPS) is 14.6. The van der Waals surface area contributed by atoms with Gasteiger partial charge in [0.05, 0.1) is 18.0 Å². The van der Waals surface area contributed by atoms with E-state index in [0.717, 1.165) is 27.4 Å². The molecule has 0 fully saturated rings. The molecule has 2 aliphatic rings. The number of nitrogens with two attached hydrogens (primary N) is 1. The number of hydrazine groups is 1. The van der Waals surface area contributed by atoms with Crippen LogP contribution in [0.3, 0.4) is 0 Å². The maximum absolute atomic E-state index is 12.6. The van der Waals surface area contributed by atoms with E-state index in [2.05, 4.69) is 41.9 Å². The van der Waals surface area contributed by atoms with Crippen LogP contribution in [0.15, 0.2) is 113 Å². The molecule has 1 heterocycles. The largest absolute Gasteiger partial charge is 0.405 e. The molecule has 2 aromatic rings. The number of hydrogen-bond donors (Lipinski definition) is 3. The van der Waals surface area contributed by atoms with Crippen LogP contribution in [0.2, 0.25) is 0 Å². The lowest BCUT2D eigenvalue weighted by atomic mass is 9.97. The summed E-state index contributed by atoms with van der Waals surface area (Å²) in [6.45, 7) is 14.4. The molecule has 1 aliphatic carbocycles. The van der Waals surface area contributed by atoms with Gasteiger partial charge in [-0.25, -0.2) is 0 Å². The van der Waals surface area contributed by atoms with Crippen LogP contribution in [-0.2, 0) is 16.0 Å². The Morgan fingerprint density at radius 3 is 2.32 bits per heavy atom. The van der Waals surface area contributed by atoms with Gasteiger partial charge in [-0.3, -0.25) is 25.4 Å². The number of fused-ring (bicyclic) bond motifs is 1. The summed E-state index contributed by atoms with van der Waals surface area (Å²) in [5.41, 5.74) is 13.5. The molecule has 0 saturated heterocycles. The molecule has 0 bridgehead atoms. The van der Waals surface area contributed by atoms with Gasteiger partial charge in [0, 0.05) is 27.5 Å². The fourth-order valence-corrected chi connectivity index (χ4v) is 4.44. The molecular formula is C30H38N4O2S. The quantitative estimate of drug-likeness (QED) is 0.339. The molecule has 6 nitrogen and oxygen atoms in total. The summed E-state index contributed by atoms with van der Waals surface area (Å²) in [6, 6.07) is 17.6. The molecule has 0 aromatic heterocycles. The van der Waals surface area contributed by atoms with E-state index in [9.17, 15) is 9.59 Å². The van der Waals surface area contributed by atoms with E-state index in [1.807, 2.05) is 82.3 Å². The zero-order valence-electron chi connectivity index (χ0n) is 22.2. The molecule has 4 rings (SSSR count). The summed E-state index contributed by atoms with van der Waals surface area (Å²) < 4.78 is 0. The maximum Gasteiger partial charge on any atom is 0.245 e. The molecule has 0 radical (unpaired) electrons. The predicted octanol–water partition coefficient (Wildman–Crippen LogP) is 6.09. The third-order valence-corrected chi connectivity index (χ3v) is 6.01. The van der Waals surface area contributed by atoms with E-state index in [-0.39, 0.29) is 24.2 Å². The van der Waals surface area contributed by atoms with Crippen LogP contribution in [0.1, 0.15) is 45.2 Å². The van der Waals surface area contributed by atoms with Crippen LogP contribution < -0.4 is 16.6 Å². The zero-order chi connectivity index (χ0) is 27.6. The van der Waals surface area contributed by atoms with Gasteiger partial charge >= 0.3 is 0 Å². The summed E-state index contributed by atoms with van der Waals surface area (Å²) in [5, 5.41) is 0. The third kappa shape index (κ3) is 10.4. The van der Waals surface area contributed by atoms with Gasteiger partial charge in [0.1, 0.15) is 0 Å². The second-order valence-electron chi connectivity index (χ2n) is 7.62. The van der Waals surface area contributed by atoms with E-state index < -0.39 is 0 Å². The maximum atomic E-state index is 12.6. The lowest BCUT2D eigenvalue weighted by Crippen LogP contribution is -2.45. The van der Waals surface area contributed by atoms with Crippen LogP contribution in [0.5, 0.6) is 0 Å². The van der Waals surface area contributed by atoms with Gasteiger partial charge < -0.3 is 5.73 Å². The van der Waals surface area contributed by atoms with Crippen LogP contribution >= 0.6 is 11.8 Å². The lowest BCUT2D eigenvalue weighted by molar-refractivity contribution is -0.130. The number of amides is 2. The highest BCUT2D eigenvalue weighted by Crippen LogP contribution is 2.40. The molecule has 1 aliphatic heterocycles. The zero-order valence-corrected chi connectivity index (χ0v) is 23.0. The predicted molar refractivity (Wildman–Crippen MR) is 157 cm³/mol. The number of aliphatic imine (C=N–C) groups is 1. The molecular weight excluding hydrogens is 480 g/mol. The van der Waals surface area contributed by atoms with Crippen molar-refractivity contribution in [2.75, 3.05) is 0 Å². The molecule has 0 saturated carbocycles. The minimum Gasteiger partial charge on any atom is -0.405 e. The van der Waals surface area contributed by atoms with E-state index in [1.165, 1.54) is 11.1 Å². The van der Waals surface area contributed by atoms with Crippen LogP contribution in [0.25, 0.3) is 0 Å². The summed E-state index contributed by atoms with van der Waals surface area (Å²) in [7, 11) is 0. The van der Waals surface area contributed by atoms with Crippen LogP contribution in [-0.4, -0.2) is 17.5 Å². The lowest BCUT2D eigenvalue weighted by Gasteiger charge is -2.19. The van der Waals surface area contributed by atoms with Crippen molar-refractivity contribution in [3.8, 4) is 0 Å². The highest BCUT2D eigenvalue weighted by Gasteiger charge is 2.25. The fraction of sp³-hybridized carbons (Fsp3) is 0.233. The molecule has 2 aromatic carbocycles. The molecule has 37 heavy (non-hydrogen) atoms. The van der Waals surface area contributed by atoms with Crippen molar-refractivity contribution in [3.05, 3.63) is 114 Å². The smallest absolute Gasteiger partial charge is 0.245 e. The van der Waals surface area contributed by atoms with Gasteiger partial charge in [-0.05, 0) is 37.8 Å². The Morgan fingerprint density at radius 1 is 1.08 bits per heavy atom. The Hall–Kier alpha value is -3.84. The third-order valence-electron chi connectivity index (χ3n) is 4.85. The van der Waals surface area contributed by atoms with Gasteiger partial charge in [0.25, 0.3) is 0 Å². The van der Waals surface area contributed by atoms with Crippen molar-refractivity contribution in [2.24, 2.45) is 16.6 Å². The standard InChI is InChI=1S/C23H21N3O2S.C3H6.C2H5N.C2H6/c1-15-18-9-5-6-10-20(18)29-21-12-11-17(14-19(21)24-15)23(28)26-25-22(27)13-16-7-3-2-4-8-16;1-3-2;1-2-3;1-2/h2-12,17H,13-14H2,1H3,(H,25,27)(H,26,28);3H,1H2,2H3;2H,1,3H2;1-2H3. The van der Waals surface area contributed by atoms with Gasteiger partial charge in [-0.1, -0.05) is 92.9 Å². The number of rotatable bonds is 3. The summed E-state index contributed by atoms with van der Waals surface area (Å²) >= 11 is 1.68. The summed E-state index contributed by atoms with van der Waals surface area (Å²) in [5.74, 6) is -0.864. The number of nitrogens with one attached hydrogen (secondary N) is 2. The highest BCUT2D eigenvalue weighted by molar-refractivity contribution is 8.03. The van der Waals surface area contributed by atoms with Crippen LogP contribution in [0.4, 0.5) is 0 Å². The molecule has 1 atom stereocenters. The minimum atomic E-state index is -0.371. The summed E-state index contributed by atoms with van der Waals surface area (Å²) in [4.78, 5) is 31.6. The Bertz CT molecular complexity index is 1130. The van der Waals surface area contributed by atoms with Crippen molar-refractivity contribution in [1.82, 2.24) is 10.9 Å². The highest BCUT2D eigenvalue weighted by atomic mass is 32.2. The Balaban J connectivity index is 0.000000767. The number of nitrogens with zero attached hydrogens (tertiary/aromatic N) is 1. The number of carbonyl (C=O) groups excluding carboxylic acids is 2. The SMILES string of the molecule is C=CC.C=CN.CC.CC1=NC2=C(C=CC(C(=O)NNC(=O)Cc3ccccc3)C2)Sc2ccccc21. The van der Waals surface area contributed by atoms with E-state index in [4.69, 9.17) is 4.99 Å². The van der Waals surface area contributed by atoms with E-state index >= 15 is 0 Å². The number of hydrogen-bond acceptors (Lipinski definition) is 5. The van der Waals surface area contributed by atoms with E-state index in [0.29, 0.717) is 6.42 Å². The average molecular weight is 519 g/mol. The fourth-order valence-electron chi connectivity index (χ4n) is 3.34. The summed E-state index contributed by atoms with van der Waals surface area (Å²) in [6.07, 6.45) is 7.56.